The highest BCUT2D eigenvalue weighted by atomic mass is 16.5. The van der Waals surface area contributed by atoms with Crippen molar-refractivity contribution in [3.63, 3.8) is 0 Å². The van der Waals surface area contributed by atoms with Crippen molar-refractivity contribution in [2.75, 3.05) is 19.8 Å². The van der Waals surface area contributed by atoms with Gasteiger partial charge in [-0.2, -0.15) is 0 Å². The van der Waals surface area contributed by atoms with Gasteiger partial charge in [-0.3, -0.25) is 0 Å². The average molecular weight is 221 g/mol. The van der Waals surface area contributed by atoms with Crippen LogP contribution in [0.1, 0.15) is 25.0 Å². The van der Waals surface area contributed by atoms with Crippen LogP contribution >= 0.6 is 0 Å². The Balaban J connectivity index is 2.08. The maximum atomic E-state index is 5.73. The third-order valence-corrected chi connectivity index (χ3v) is 3.04. The molecule has 1 heterocycles. The van der Waals surface area contributed by atoms with E-state index in [2.05, 4.69) is 12.1 Å². The summed E-state index contributed by atoms with van der Waals surface area (Å²) >= 11 is 0. The molecular formula is C13H19NO2. The largest absolute Gasteiger partial charge is 0.494 e. The number of benzene rings is 1. The lowest BCUT2D eigenvalue weighted by molar-refractivity contribution is 0.0924. The van der Waals surface area contributed by atoms with Gasteiger partial charge in [0, 0.05) is 12.5 Å². The first-order valence-electron chi connectivity index (χ1n) is 5.89. The van der Waals surface area contributed by atoms with Gasteiger partial charge in [-0.05, 0) is 37.6 Å². The van der Waals surface area contributed by atoms with E-state index in [1.807, 2.05) is 19.1 Å². The predicted molar refractivity (Wildman–Crippen MR) is 63.5 cm³/mol. The van der Waals surface area contributed by atoms with Gasteiger partial charge in [-0.25, -0.2) is 0 Å². The third kappa shape index (κ3) is 2.36. The molecule has 3 heteroatoms. The lowest BCUT2D eigenvalue weighted by Gasteiger charge is -2.17. The van der Waals surface area contributed by atoms with Crippen LogP contribution in [0, 0.1) is 5.92 Å². The Hall–Kier alpha value is -1.06. The van der Waals surface area contributed by atoms with Crippen molar-refractivity contribution in [1.82, 2.24) is 0 Å². The van der Waals surface area contributed by atoms with Crippen LogP contribution in [0.15, 0.2) is 24.3 Å². The van der Waals surface area contributed by atoms with Crippen LogP contribution in [0.4, 0.5) is 0 Å². The summed E-state index contributed by atoms with van der Waals surface area (Å²) in [5, 5.41) is 0. The van der Waals surface area contributed by atoms with Crippen LogP contribution < -0.4 is 10.5 Å². The number of nitrogens with two attached hydrogens (primary N) is 1. The molecule has 2 N–H and O–H groups in total. The van der Waals surface area contributed by atoms with E-state index in [1.54, 1.807) is 0 Å². The minimum absolute atomic E-state index is 0.167. The quantitative estimate of drug-likeness (QED) is 0.847. The van der Waals surface area contributed by atoms with Gasteiger partial charge in [0.15, 0.2) is 0 Å². The molecule has 1 aliphatic rings. The molecule has 3 nitrogen and oxygen atoms in total. The highest BCUT2D eigenvalue weighted by Crippen LogP contribution is 2.34. The molecule has 16 heavy (non-hydrogen) atoms. The summed E-state index contributed by atoms with van der Waals surface area (Å²) in [4.78, 5) is 0. The monoisotopic (exact) mass is 221 g/mol. The Morgan fingerprint density at radius 2 is 2.12 bits per heavy atom. The zero-order chi connectivity index (χ0) is 11.4. The zero-order valence-electron chi connectivity index (χ0n) is 9.69. The van der Waals surface area contributed by atoms with E-state index >= 15 is 0 Å². The van der Waals surface area contributed by atoms with Gasteiger partial charge in [0.2, 0.25) is 0 Å². The molecule has 2 unspecified atom stereocenters. The van der Waals surface area contributed by atoms with E-state index in [-0.39, 0.29) is 6.10 Å². The topological polar surface area (TPSA) is 44.5 Å². The molecule has 0 aliphatic carbocycles. The number of rotatable bonds is 4. The third-order valence-electron chi connectivity index (χ3n) is 3.04. The number of hydrogen-bond acceptors (Lipinski definition) is 3. The van der Waals surface area contributed by atoms with E-state index in [4.69, 9.17) is 15.2 Å². The molecule has 1 aromatic carbocycles. The summed E-state index contributed by atoms with van der Waals surface area (Å²) in [6, 6.07) is 8.13. The molecular weight excluding hydrogens is 202 g/mol. The molecule has 0 radical (unpaired) electrons. The van der Waals surface area contributed by atoms with Crippen LogP contribution in [0.5, 0.6) is 5.75 Å². The summed E-state index contributed by atoms with van der Waals surface area (Å²) < 4.78 is 11.1. The second kappa shape index (κ2) is 5.32. The minimum Gasteiger partial charge on any atom is -0.494 e. The fourth-order valence-corrected chi connectivity index (χ4v) is 2.16. The minimum atomic E-state index is 0.167. The van der Waals surface area contributed by atoms with Crippen molar-refractivity contribution in [2.24, 2.45) is 11.7 Å². The predicted octanol–water partition coefficient (Wildman–Crippen LogP) is 2.12. The van der Waals surface area contributed by atoms with Gasteiger partial charge in [0.25, 0.3) is 0 Å². The molecule has 1 saturated heterocycles. The van der Waals surface area contributed by atoms with Gasteiger partial charge >= 0.3 is 0 Å². The van der Waals surface area contributed by atoms with E-state index in [9.17, 15) is 0 Å². The Morgan fingerprint density at radius 1 is 1.38 bits per heavy atom. The van der Waals surface area contributed by atoms with Crippen molar-refractivity contribution in [3.8, 4) is 5.75 Å². The van der Waals surface area contributed by atoms with Crippen LogP contribution in [0.3, 0.4) is 0 Å². The smallest absolute Gasteiger partial charge is 0.119 e. The van der Waals surface area contributed by atoms with Crippen LogP contribution in [0.25, 0.3) is 0 Å². The first kappa shape index (κ1) is 11.4. The van der Waals surface area contributed by atoms with E-state index in [1.165, 1.54) is 5.56 Å². The fourth-order valence-electron chi connectivity index (χ4n) is 2.16. The second-order valence-corrected chi connectivity index (χ2v) is 4.08. The molecule has 1 fully saturated rings. The van der Waals surface area contributed by atoms with Crippen molar-refractivity contribution in [3.05, 3.63) is 29.8 Å². The first-order valence-corrected chi connectivity index (χ1v) is 5.89. The zero-order valence-corrected chi connectivity index (χ0v) is 9.69. The molecule has 2 atom stereocenters. The lowest BCUT2D eigenvalue weighted by Crippen LogP contribution is -2.17. The average Bonchev–Trinajstić information content (AvgIpc) is 2.78. The highest BCUT2D eigenvalue weighted by Gasteiger charge is 2.28. The molecule has 88 valence electrons. The molecule has 1 aliphatic heterocycles. The summed E-state index contributed by atoms with van der Waals surface area (Å²) in [6.07, 6.45) is 1.23. The number of hydrogen-bond donors (Lipinski definition) is 1. The second-order valence-electron chi connectivity index (χ2n) is 4.08. The van der Waals surface area contributed by atoms with Gasteiger partial charge in [0.1, 0.15) is 5.75 Å². The van der Waals surface area contributed by atoms with Crippen molar-refractivity contribution in [2.45, 2.75) is 19.4 Å². The Morgan fingerprint density at radius 3 is 2.75 bits per heavy atom. The Bertz CT molecular complexity index is 323. The molecule has 0 bridgehead atoms. The fraction of sp³-hybridized carbons (Fsp3) is 0.538. The summed E-state index contributed by atoms with van der Waals surface area (Å²) in [6.45, 7) is 4.20. The molecule has 0 amide bonds. The van der Waals surface area contributed by atoms with E-state index < -0.39 is 0 Å². The summed E-state index contributed by atoms with van der Waals surface area (Å²) in [7, 11) is 0. The van der Waals surface area contributed by atoms with Gasteiger partial charge in [-0.15, -0.1) is 0 Å². The molecule has 1 aromatic rings. The van der Waals surface area contributed by atoms with Crippen molar-refractivity contribution < 1.29 is 9.47 Å². The normalized spacial score (nSPS) is 24.6. The molecule has 2 rings (SSSR count). The van der Waals surface area contributed by atoms with Crippen LogP contribution in [0.2, 0.25) is 0 Å². The lowest BCUT2D eigenvalue weighted by atomic mass is 9.95. The van der Waals surface area contributed by atoms with Crippen LogP contribution in [-0.2, 0) is 4.74 Å². The Kier molecular flexibility index (Phi) is 3.80. The summed E-state index contributed by atoms with van der Waals surface area (Å²) in [5.41, 5.74) is 6.94. The maximum absolute atomic E-state index is 5.73. The molecule has 0 aromatic heterocycles. The maximum Gasteiger partial charge on any atom is 0.119 e. The van der Waals surface area contributed by atoms with Gasteiger partial charge in [-0.1, -0.05) is 12.1 Å². The molecule has 0 spiro atoms. The highest BCUT2D eigenvalue weighted by molar-refractivity contribution is 5.29. The van der Waals surface area contributed by atoms with Gasteiger partial charge in [0.05, 0.1) is 12.7 Å². The van der Waals surface area contributed by atoms with E-state index in [0.717, 1.165) is 18.8 Å². The van der Waals surface area contributed by atoms with Crippen LogP contribution in [-0.4, -0.2) is 19.8 Å². The van der Waals surface area contributed by atoms with Gasteiger partial charge < -0.3 is 15.2 Å². The van der Waals surface area contributed by atoms with Crippen molar-refractivity contribution >= 4 is 0 Å². The van der Waals surface area contributed by atoms with E-state index in [0.29, 0.717) is 19.1 Å². The summed E-state index contributed by atoms with van der Waals surface area (Å²) in [5.74, 6) is 1.37. The standard InChI is InChI=1S/C13H19NO2/c1-2-15-12-5-3-10(4-6-12)13-11(9-14)7-8-16-13/h3-6,11,13H,2,7-9,14H2,1H3. The SMILES string of the molecule is CCOc1ccc(C2OCCC2CN)cc1. The first-order chi connectivity index (χ1) is 7.85. The van der Waals surface area contributed by atoms with Crippen molar-refractivity contribution in [1.29, 1.82) is 0 Å². The number of ether oxygens (including phenoxy) is 2. The Labute approximate surface area is 96.5 Å². The molecule has 0 saturated carbocycles.